The minimum absolute atomic E-state index is 0.00393. The highest BCUT2D eigenvalue weighted by Crippen LogP contribution is 2.27. The predicted molar refractivity (Wildman–Crippen MR) is 114 cm³/mol. The average molecular weight is 377 g/mol. The number of aryl methyl sites for hydroxylation is 1. The maximum Gasteiger partial charge on any atom is 0.117 e. The lowest BCUT2D eigenvalue weighted by Crippen LogP contribution is -2.29. The smallest absolute Gasteiger partial charge is 0.117 e. The van der Waals surface area contributed by atoms with Crippen molar-refractivity contribution >= 4 is 16.5 Å². The number of hydrogen-bond acceptors (Lipinski definition) is 3. The average Bonchev–Trinajstić information content (AvgIpc) is 3.09. The Bertz CT molecular complexity index is 959. The third-order valence-electron chi connectivity index (χ3n) is 5.73. The molecule has 0 bridgehead atoms. The van der Waals surface area contributed by atoms with E-state index in [4.69, 9.17) is 0 Å². The van der Waals surface area contributed by atoms with Crippen LogP contribution in [0.2, 0.25) is 0 Å². The van der Waals surface area contributed by atoms with E-state index in [2.05, 4.69) is 46.3 Å². The third kappa shape index (κ3) is 4.13. The van der Waals surface area contributed by atoms with E-state index in [1.807, 2.05) is 6.07 Å². The number of aromatic amines is 1. The number of fused-ring (bicyclic) bond motifs is 1. The lowest BCUT2D eigenvalue weighted by Gasteiger charge is -2.26. The van der Waals surface area contributed by atoms with Crippen LogP contribution in [0.5, 0.6) is 5.75 Å². The molecule has 2 heterocycles. The summed E-state index contributed by atoms with van der Waals surface area (Å²) in [4.78, 5) is 5.76. The first-order valence-electron chi connectivity index (χ1n) is 10.1. The van der Waals surface area contributed by atoms with Gasteiger partial charge in [0, 0.05) is 35.8 Å². The number of unbranched alkanes of at least 4 members (excludes halogenated alkanes) is 1. The van der Waals surface area contributed by atoms with Crippen LogP contribution in [0.25, 0.3) is 16.5 Å². The van der Waals surface area contributed by atoms with E-state index in [1.54, 1.807) is 12.1 Å². The third-order valence-corrected chi connectivity index (χ3v) is 5.73. The molecular weight excluding hydrogens is 348 g/mol. The number of phenolic OH excluding ortho intramolecular Hbond substituents is 1. The van der Waals surface area contributed by atoms with E-state index in [0.29, 0.717) is 0 Å². The molecule has 4 nitrogen and oxygen atoms in total. The van der Waals surface area contributed by atoms with Crippen molar-refractivity contribution in [1.29, 1.82) is 0 Å². The van der Waals surface area contributed by atoms with Gasteiger partial charge in [-0.25, -0.2) is 0 Å². The van der Waals surface area contributed by atoms with Crippen LogP contribution >= 0.6 is 0 Å². The second-order valence-corrected chi connectivity index (χ2v) is 7.57. The van der Waals surface area contributed by atoms with Gasteiger partial charge in [-0.05, 0) is 61.1 Å². The second kappa shape index (κ2) is 8.63. The van der Waals surface area contributed by atoms with Gasteiger partial charge in [-0.3, -0.25) is 4.90 Å². The van der Waals surface area contributed by atoms with Gasteiger partial charge in [0.2, 0.25) is 0 Å². The van der Waals surface area contributed by atoms with E-state index in [0.717, 1.165) is 61.9 Å². The van der Waals surface area contributed by atoms with Gasteiger partial charge in [0.15, 0.2) is 0 Å². The number of H-pyrrole nitrogens is 1. The van der Waals surface area contributed by atoms with Crippen molar-refractivity contribution in [2.75, 3.05) is 19.6 Å². The Morgan fingerprint density at radius 2 is 1.89 bits per heavy atom. The molecule has 2 aromatic carbocycles. The topological polar surface area (TPSA) is 59.5 Å². The van der Waals surface area contributed by atoms with E-state index in [-0.39, 0.29) is 12.4 Å². The quantitative estimate of drug-likeness (QED) is 0.533. The van der Waals surface area contributed by atoms with E-state index in [1.165, 1.54) is 16.7 Å². The van der Waals surface area contributed by atoms with Crippen LogP contribution in [0.4, 0.5) is 0 Å². The molecule has 0 fully saturated rings. The molecule has 4 heteroatoms. The van der Waals surface area contributed by atoms with Crippen molar-refractivity contribution in [3.8, 4) is 5.75 Å². The maximum atomic E-state index is 9.66. The molecule has 4 rings (SSSR count). The highest BCUT2D eigenvalue weighted by molar-refractivity contribution is 5.85. The largest absolute Gasteiger partial charge is 0.508 e. The monoisotopic (exact) mass is 376 g/mol. The van der Waals surface area contributed by atoms with Crippen LogP contribution in [-0.4, -0.2) is 39.7 Å². The Morgan fingerprint density at radius 3 is 2.64 bits per heavy atom. The Labute approximate surface area is 166 Å². The second-order valence-electron chi connectivity index (χ2n) is 7.57. The lowest BCUT2D eigenvalue weighted by atomic mass is 9.99. The summed E-state index contributed by atoms with van der Waals surface area (Å²) in [5.74, 6) is 0.248. The Kier molecular flexibility index (Phi) is 5.79. The molecule has 146 valence electrons. The van der Waals surface area contributed by atoms with E-state index < -0.39 is 0 Å². The zero-order valence-electron chi connectivity index (χ0n) is 16.2. The number of aliphatic hydroxyl groups is 1. The fourth-order valence-corrected chi connectivity index (χ4v) is 4.19. The van der Waals surface area contributed by atoms with Crippen molar-refractivity contribution in [2.24, 2.45) is 0 Å². The molecule has 0 unspecified atom stereocenters. The minimum Gasteiger partial charge on any atom is -0.508 e. The van der Waals surface area contributed by atoms with Crippen LogP contribution < -0.4 is 0 Å². The maximum absolute atomic E-state index is 9.66. The van der Waals surface area contributed by atoms with Crippen molar-refractivity contribution in [1.82, 2.24) is 9.88 Å². The zero-order valence-corrected chi connectivity index (χ0v) is 16.2. The molecule has 0 atom stereocenters. The SMILES string of the molecule is OCc1[nH]c2cc(O)ccc2c1CCCCN1CC=C(c2ccccc2)CC1. The number of aromatic hydroxyl groups is 1. The normalized spacial score (nSPS) is 15.1. The molecule has 3 aromatic rings. The molecule has 1 aromatic heterocycles. The molecule has 0 amide bonds. The van der Waals surface area contributed by atoms with Gasteiger partial charge >= 0.3 is 0 Å². The van der Waals surface area contributed by atoms with Crippen molar-refractivity contribution in [3.05, 3.63) is 71.4 Å². The van der Waals surface area contributed by atoms with Crippen molar-refractivity contribution in [2.45, 2.75) is 32.3 Å². The van der Waals surface area contributed by atoms with Crippen molar-refractivity contribution < 1.29 is 10.2 Å². The number of nitrogens with zero attached hydrogens (tertiary/aromatic N) is 1. The van der Waals surface area contributed by atoms with Gasteiger partial charge in [-0.2, -0.15) is 0 Å². The number of phenols is 1. The Morgan fingerprint density at radius 1 is 1.04 bits per heavy atom. The Hall–Kier alpha value is -2.56. The molecule has 1 aliphatic rings. The molecule has 3 N–H and O–H groups in total. The standard InChI is InChI=1S/C24H28N2O2/c27-17-24-21(22-10-9-20(28)16-23(22)25-24)8-4-5-13-26-14-11-19(12-15-26)18-6-2-1-3-7-18/h1-3,6-7,9-11,16,25,27-28H,4-5,8,12-15,17H2. The number of nitrogens with one attached hydrogen (secondary N) is 1. The molecule has 0 saturated carbocycles. The number of hydrogen-bond donors (Lipinski definition) is 3. The zero-order chi connectivity index (χ0) is 19.3. The summed E-state index contributed by atoms with van der Waals surface area (Å²) in [5, 5.41) is 20.4. The van der Waals surface area contributed by atoms with E-state index >= 15 is 0 Å². The van der Waals surface area contributed by atoms with Gasteiger partial charge in [0.25, 0.3) is 0 Å². The number of aromatic nitrogens is 1. The molecular formula is C24H28N2O2. The van der Waals surface area contributed by atoms with Gasteiger partial charge in [-0.15, -0.1) is 0 Å². The summed E-state index contributed by atoms with van der Waals surface area (Å²) in [5.41, 5.74) is 5.76. The summed E-state index contributed by atoms with van der Waals surface area (Å²) in [6, 6.07) is 16.1. The van der Waals surface area contributed by atoms with Crippen LogP contribution in [-0.2, 0) is 13.0 Å². The van der Waals surface area contributed by atoms with Gasteiger partial charge in [0.1, 0.15) is 5.75 Å². The minimum atomic E-state index is 0.00393. The lowest BCUT2D eigenvalue weighted by molar-refractivity contribution is 0.276. The molecule has 28 heavy (non-hydrogen) atoms. The van der Waals surface area contributed by atoms with Crippen LogP contribution in [0.3, 0.4) is 0 Å². The van der Waals surface area contributed by atoms with Crippen LogP contribution in [0, 0.1) is 0 Å². The summed E-state index contributed by atoms with van der Waals surface area (Å²) in [6.07, 6.45) is 6.66. The molecule has 0 saturated heterocycles. The highest BCUT2D eigenvalue weighted by atomic mass is 16.3. The molecule has 0 spiro atoms. The number of benzene rings is 2. The predicted octanol–water partition coefficient (Wildman–Crippen LogP) is 4.48. The molecule has 0 aliphatic carbocycles. The highest BCUT2D eigenvalue weighted by Gasteiger charge is 2.14. The summed E-state index contributed by atoms with van der Waals surface area (Å²) in [6.45, 7) is 3.26. The first-order chi connectivity index (χ1) is 13.7. The van der Waals surface area contributed by atoms with Gasteiger partial charge in [-0.1, -0.05) is 36.4 Å². The van der Waals surface area contributed by atoms with Gasteiger partial charge in [0.05, 0.1) is 6.61 Å². The molecule has 1 aliphatic heterocycles. The summed E-state index contributed by atoms with van der Waals surface area (Å²) >= 11 is 0. The first kappa shape index (κ1) is 18.8. The van der Waals surface area contributed by atoms with Crippen LogP contribution in [0.1, 0.15) is 36.1 Å². The Balaban J connectivity index is 1.30. The van der Waals surface area contributed by atoms with Crippen LogP contribution in [0.15, 0.2) is 54.6 Å². The fraction of sp³-hybridized carbons (Fsp3) is 0.333. The number of aliphatic hydroxyl groups excluding tert-OH is 1. The fourth-order valence-electron chi connectivity index (χ4n) is 4.19. The van der Waals surface area contributed by atoms with Gasteiger partial charge < -0.3 is 15.2 Å². The summed E-state index contributed by atoms with van der Waals surface area (Å²) in [7, 11) is 0. The summed E-state index contributed by atoms with van der Waals surface area (Å²) < 4.78 is 0. The number of rotatable bonds is 7. The van der Waals surface area contributed by atoms with Crippen molar-refractivity contribution in [3.63, 3.8) is 0 Å². The molecule has 0 radical (unpaired) electrons. The van der Waals surface area contributed by atoms with E-state index in [9.17, 15) is 10.2 Å². The first-order valence-corrected chi connectivity index (χ1v) is 10.1.